The Balaban J connectivity index is 2.34. The van der Waals surface area contributed by atoms with E-state index in [2.05, 4.69) is 18.8 Å². The second-order valence-electron chi connectivity index (χ2n) is 6.40. The number of Topliss-reactive ketones (excluding diaryl/α,β-unsaturated/α-hetero) is 1. The molecule has 0 amide bonds. The summed E-state index contributed by atoms with van der Waals surface area (Å²) in [7, 11) is 0. The van der Waals surface area contributed by atoms with Crippen LogP contribution >= 0.6 is 23.4 Å². The van der Waals surface area contributed by atoms with Gasteiger partial charge in [0.2, 0.25) is 0 Å². The van der Waals surface area contributed by atoms with Gasteiger partial charge in [-0.3, -0.25) is 14.2 Å². The summed E-state index contributed by atoms with van der Waals surface area (Å²) in [4.78, 5) is 29.4. The van der Waals surface area contributed by atoms with Crippen molar-refractivity contribution in [2.24, 2.45) is 0 Å². The summed E-state index contributed by atoms with van der Waals surface area (Å²) in [6, 6.07) is 12.8. The molecule has 0 N–H and O–H groups in total. The van der Waals surface area contributed by atoms with Crippen LogP contribution in [0, 0.1) is 0 Å². The Morgan fingerprint density at radius 1 is 1.23 bits per heavy atom. The molecular weight excluding hydrogens is 368 g/mol. The van der Waals surface area contributed by atoms with Gasteiger partial charge in [-0.05, 0) is 42.7 Å². The van der Waals surface area contributed by atoms with E-state index < -0.39 is 0 Å². The fourth-order valence-corrected chi connectivity index (χ4v) is 3.77. The van der Waals surface area contributed by atoms with Crippen LogP contribution in [0.4, 0.5) is 0 Å². The molecule has 3 aromatic rings. The van der Waals surface area contributed by atoms with E-state index in [1.165, 1.54) is 18.7 Å². The monoisotopic (exact) mass is 386 g/mol. The van der Waals surface area contributed by atoms with E-state index in [9.17, 15) is 9.59 Å². The Labute approximate surface area is 161 Å². The number of hydrogen-bond acceptors (Lipinski definition) is 4. The van der Waals surface area contributed by atoms with E-state index in [0.717, 1.165) is 11.3 Å². The lowest BCUT2D eigenvalue weighted by molar-refractivity contribution is -0.114. The van der Waals surface area contributed by atoms with E-state index in [1.54, 1.807) is 22.8 Å². The lowest BCUT2D eigenvalue weighted by Crippen LogP contribution is -2.23. The minimum atomic E-state index is -0.161. The van der Waals surface area contributed by atoms with Crippen LogP contribution in [0.25, 0.3) is 16.6 Å². The van der Waals surface area contributed by atoms with Gasteiger partial charge in [-0.1, -0.05) is 55.4 Å². The first kappa shape index (κ1) is 18.7. The molecule has 3 rings (SSSR count). The van der Waals surface area contributed by atoms with Crippen molar-refractivity contribution in [3.8, 4) is 5.69 Å². The second kappa shape index (κ2) is 7.64. The molecule has 1 aromatic heterocycles. The fourth-order valence-electron chi connectivity index (χ4n) is 2.79. The molecular formula is C20H19ClN2O2S. The molecule has 0 aliphatic carbocycles. The van der Waals surface area contributed by atoms with Crippen LogP contribution < -0.4 is 5.56 Å². The number of carbonyl (C=O) groups is 1. The molecule has 0 spiro atoms. The van der Waals surface area contributed by atoms with Crippen LogP contribution in [0.3, 0.4) is 0 Å². The number of thioether (sulfide) groups is 1. The van der Waals surface area contributed by atoms with Crippen molar-refractivity contribution >= 4 is 40.0 Å². The maximum atomic E-state index is 13.3. The Morgan fingerprint density at radius 3 is 2.65 bits per heavy atom. The number of para-hydroxylation sites is 1. The highest BCUT2D eigenvalue weighted by molar-refractivity contribution is 7.99. The first-order valence-electron chi connectivity index (χ1n) is 8.32. The molecule has 0 aliphatic heterocycles. The summed E-state index contributed by atoms with van der Waals surface area (Å²) in [5.74, 6) is 0.520. The van der Waals surface area contributed by atoms with Crippen molar-refractivity contribution in [2.45, 2.75) is 31.8 Å². The fraction of sp³-hybridized carbons (Fsp3) is 0.250. The quantitative estimate of drug-likeness (QED) is 0.465. The van der Waals surface area contributed by atoms with Gasteiger partial charge in [0.25, 0.3) is 5.56 Å². The number of carbonyl (C=O) groups excluding carboxylic acids is 1. The molecule has 0 radical (unpaired) electrons. The lowest BCUT2D eigenvalue weighted by Gasteiger charge is -2.18. The molecule has 4 nitrogen and oxygen atoms in total. The van der Waals surface area contributed by atoms with Crippen LogP contribution in [0.1, 0.15) is 32.3 Å². The van der Waals surface area contributed by atoms with E-state index in [4.69, 9.17) is 11.6 Å². The van der Waals surface area contributed by atoms with Crippen molar-refractivity contribution in [3.05, 3.63) is 63.4 Å². The highest BCUT2D eigenvalue weighted by Crippen LogP contribution is 2.27. The van der Waals surface area contributed by atoms with Gasteiger partial charge in [0, 0.05) is 5.02 Å². The summed E-state index contributed by atoms with van der Waals surface area (Å²) in [6.07, 6.45) is 0. The van der Waals surface area contributed by atoms with Crippen molar-refractivity contribution in [1.29, 1.82) is 0 Å². The minimum Gasteiger partial charge on any atom is -0.299 e. The Morgan fingerprint density at radius 2 is 1.96 bits per heavy atom. The number of aromatic nitrogens is 2. The molecule has 0 saturated carbocycles. The van der Waals surface area contributed by atoms with E-state index >= 15 is 0 Å². The van der Waals surface area contributed by atoms with Gasteiger partial charge in [0.05, 0.1) is 22.3 Å². The summed E-state index contributed by atoms with van der Waals surface area (Å²) in [5.41, 5.74) is 2.22. The number of nitrogens with zero attached hydrogens (tertiary/aromatic N) is 2. The number of ketones is 1. The number of halogens is 1. The van der Waals surface area contributed by atoms with Crippen LogP contribution in [0.15, 0.2) is 52.4 Å². The summed E-state index contributed by atoms with van der Waals surface area (Å²) >= 11 is 7.33. The molecule has 0 aliphatic rings. The SMILES string of the molecule is CC(=O)CSc1nc2cc(Cl)ccc2c(=O)n1-c1ccccc1C(C)C. The molecule has 0 atom stereocenters. The van der Waals surface area contributed by atoms with Crippen molar-refractivity contribution in [2.75, 3.05) is 5.75 Å². The predicted octanol–water partition coefficient (Wildman–Crippen LogP) is 4.84. The van der Waals surface area contributed by atoms with Crippen molar-refractivity contribution in [1.82, 2.24) is 9.55 Å². The van der Waals surface area contributed by atoms with Gasteiger partial charge in [0.1, 0.15) is 5.78 Å². The van der Waals surface area contributed by atoms with Crippen molar-refractivity contribution < 1.29 is 4.79 Å². The number of rotatable bonds is 5. The van der Waals surface area contributed by atoms with Gasteiger partial charge in [-0.25, -0.2) is 4.98 Å². The maximum Gasteiger partial charge on any atom is 0.266 e. The first-order valence-corrected chi connectivity index (χ1v) is 9.68. The molecule has 1 heterocycles. The Bertz CT molecular complexity index is 1040. The van der Waals surface area contributed by atoms with Gasteiger partial charge >= 0.3 is 0 Å². The number of fused-ring (bicyclic) bond motifs is 1. The average molecular weight is 387 g/mol. The predicted molar refractivity (Wildman–Crippen MR) is 108 cm³/mol. The van der Waals surface area contributed by atoms with Gasteiger partial charge < -0.3 is 0 Å². The van der Waals surface area contributed by atoms with E-state index in [1.807, 2.05) is 24.3 Å². The molecule has 0 fully saturated rings. The first-order chi connectivity index (χ1) is 12.4. The van der Waals surface area contributed by atoms with Gasteiger partial charge in [-0.15, -0.1) is 0 Å². The molecule has 2 aromatic carbocycles. The number of benzene rings is 2. The zero-order chi connectivity index (χ0) is 18.8. The zero-order valence-electron chi connectivity index (χ0n) is 14.8. The summed E-state index contributed by atoms with van der Waals surface area (Å²) < 4.78 is 1.61. The topological polar surface area (TPSA) is 52.0 Å². The molecule has 6 heteroatoms. The largest absolute Gasteiger partial charge is 0.299 e. The van der Waals surface area contributed by atoms with Crippen LogP contribution in [0.5, 0.6) is 0 Å². The smallest absolute Gasteiger partial charge is 0.266 e. The normalized spacial score (nSPS) is 11.3. The Hall–Kier alpha value is -2.11. The molecule has 134 valence electrons. The highest BCUT2D eigenvalue weighted by Gasteiger charge is 2.17. The van der Waals surface area contributed by atoms with Crippen molar-refractivity contribution in [3.63, 3.8) is 0 Å². The van der Waals surface area contributed by atoms with Gasteiger partial charge in [0.15, 0.2) is 5.16 Å². The van der Waals surface area contributed by atoms with Crippen LogP contribution in [-0.4, -0.2) is 21.1 Å². The van der Waals surface area contributed by atoms with E-state index in [-0.39, 0.29) is 23.0 Å². The molecule has 0 unspecified atom stereocenters. The van der Waals surface area contributed by atoms with Crippen LogP contribution in [0.2, 0.25) is 5.02 Å². The molecule has 0 saturated heterocycles. The third-order valence-electron chi connectivity index (χ3n) is 4.00. The standard InChI is InChI=1S/C20H19ClN2O2S/c1-12(2)15-6-4-5-7-18(15)23-19(25)16-9-8-14(21)10-17(16)22-20(23)26-11-13(3)24/h4-10,12H,11H2,1-3H3. The summed E-state index contributed by atoms with van der Waals surface area (Å²) in [6.45, 7) is 5.69. The highest BCUT2D eigenvalue weighted by atomic mass is 35.5. The maximum absolute atomic E-state index is 13.3. The number of hydrogen-bond donors (Lipinski definition) is 0. The summed E-state index contributed by atoms with van der Waals surface area (Å²) in [5, 5.41) is 1.51. The van der Waals surface area contributed by atoms with E-state index in [0.29, 0.717) is 21.1 Å². The Kier molecular flexibility index (Phi) is 5.49. The minimum absolute atomic E-state index is 0.0270. The van der Waals surface area contributed by atoms with Gasteiger partial charge in [-0.2, -0.15) is 0 Å². The molecule has 26 heavy (non-hydrogen) atoms. The third kappa shape index (κ3) is 3.69. The zero-order valence-corrected chi connectivity index (χ0v) is 16.4. The second-order valence-corrected chi connectivity index (χ2v) is 7.78. The third-order valence-corrected chi connectivity index (χ3v) is 5.32. The average Bonchev–Trinajstić information content (AvgIpc) is 2.59. The lowest BCUT2D eigenvalue weighted by atomic mass is 10.0. The van der Waals surface area contributed by atoms with Crippen LogP contribution in [-0.2, 0) is 4.79 Å². The molecule has 0 bridgehead atoms.